The highest BCUT2D eigenvalue weighted by molar-refractivity contribution is 5.13. The summed E-state index contributed by atoms with van der Waals surface area (Å²) in [6, 6.07) is 10.4. The lowest BCUT2D eigenvalue weighted by molar-refractivity contribution is 0.0836. The Labute approximate surface area is 105 Å². The largest absolute Gasteiger partial charge is 0.376 e. The van der Waals surface area contributed by atoms with Crippen LogP contribution in [0.25, 0.3) is 0 Å². The number of rotatable bonds is 9. The topological polar surface area (TPSA) is 21.3 Å². The van der Waals surface area contributed by atoms with Gasteiger partial charge >= 0.3 is 0 Å². The Bertz CT molecular complexity index is 274. The minimum absolute atomic E-state index is 0.642. The van der Waals surface area contributed by atoms with E-state index in [1.54, 1.807) is 0 Å². The lowest BCUT2D eigenvalue weighted by atomic mass is 10.1. The van der Waals surface area contributed by atoms with E-state index in [9.17, 15) is 0 Å². The minimum atomic E-state index is 0.642. The van der Waals surface area contributed by atoms with E-state index in [1.807, 2.05) is 6.07 Å². The average molecular weight is 235 g/mol. The third-order valence-electron chi connectivity index (χ3n) is 2.85. The van der Waals surface area contributed by atoms with Crippen LogP contribution in [0, 0.1) is 5.92 Å². The summed E-state index contributed by atoms with van der Waals surface area (Å²) in [5.74, 6) is 0.642. The summed E-state index contributed by atoms with van der Waals surface area (Å²) < 4.78 is 5.79. The molecule has 0 aliphatic carbocycles. The van der Waals surface area contributed by atoms with Gasteiger partial charge in [0.05, 0.1) is 13.2 Å². The first kappa shape index (κ1) is 14.2. The predicted molar refractivity (Wildman–Crippen MR) is 73.0 cm³/mol. The van der Waals surface area contributed by atoms with Crippen LogP contribution in [0.3, 0.4) is 0 Å². The average Bonchev–Trinajstić information content (AvgIpc) is 2.37. The standard InChI is InChI=1S/C15H25NO/c1-3-8-15(11-16-4-2)13-17-12-14-9-6-5-7-10-14/h5-7,9-10,15-16H,3-4,8,11-13H2,1-2H3. The lowest BCUT2D eigenvalue weighted by Gasteiger charge is -2.16. The van der Waals surface area contributed by atoms with E-state index in [0.717, 1.165) is 26.3 Å². The first-order valence-electron chi connectivity index (χ1n) is 6.69. The predicted octanol–water partition coefficient (Wildman–Crippen LogP) is 3.23. The van der Waals surface area contributed by atoms with Gasteiger partial charge in [0, 0.05) is 6.54 Å². The normalized spacial score (nSPS) is 12.6. The van der Waals surface area contributed by atoms with Crippen LogP contribution in [-0.4, -0.2) is 19.7 Å². The molecule has 0 fully saturated rings. The van der Waals surface area contributed by atoms with Gasteiger partial charge in [-0.3, -0.25) is 0 Å². The van der Waals surface area contributed by atoms with Gasteiger partial charge < -0.3 is 10.1 Å². The number of ether oxygens (including phenoxy) is 1. The molecule has 0 spiro atoms. The van der Waals surface area contributed by atoms with Crippen molar-refractivity contribution in [2.45, 2.75) is 33.3 Å². The lowest BCUT2D eigenvalue weighted by Crippen LogP contribution is -2.25. The Morgan fingerprint density at radius 2 is 1.94 bits per heavy atom. The highest BCUT2D eigenvalue weighted by Gasteiger charge is 2.07. The fourth-order valence-electron chi connectivity index (χ4n) is 1.92. The molecule has 17 heavy (non-hydrogen) atoms. The van der Waals surface area contributed by atoms with Crippen molar-refractivity contribution < 1.29 is 4.74 Å². The maximum absolute atomic E-state index is 5.79. The highest BCUT2D eigenvalue weighted by atomic mass is 16.5. The second kappa shape index (κ2) is 9.20. The zero-order valence-corrected chi connectivity index (χ0v) is 11.1. The second-order valence-electron chi connectivity index (χ2n) is 4.46. The molecule has 2 nitrogen and oxygen atoms in total. The van der Waals surface area contributed by atoms with Crippen molar-refractivity contribution >= 4 is 0 Å². The Morgan fingerprint density at radius 1 is 1.18 bits per heavy atom. The van der Waals surface area contributed by atoms with E-state index >= 15 is 0 Å². The van der Waals surface area contributed by atoms with E-state index in [0.29, 0.717) is 5.92 Å². The van der Waals surface area contributed by atoms with E-state index in [-0.39, 0.29) is 0 Å². The highest BCUT2D eigenvalue weighted by Crippen LogP contribution is 2.08. The molecule has 1 aromatic carbocycles. The Morgan fingerprint density at radius 3 is 2.59 bits per heavy atom. The Balaban J connectivity index is 2.22. The summed E-state index contributed by atoms with van der Waals surface area (Å²) in [5, 5.41) is 3.40. The number of nitrogens with one attached hydrogen (secondary N) is 1. The number of hydrogen-bond acceptors (Lipinski definition) is 2. The zero-order chi connectivity index (χ0) is 12.3. The van der Waals surface area contributed by atoms with Crippen LogP contribution in [0.2, 0.25) is 0 Å². The summed E-state index contributed by atoms with van der Waals surface area (Å²) in [5.41, 5.74) is 1.26. The van der Waals surface area contributed by atoms with E-state index in [4.69, 9.17) is 4.74 Å². The van der Waals surface area contributed by atoms with Crippen LogP contribution < -0.4 is 5.32 Å². The van der Waals surface area contributed by atoms with Crippen molar-refractivity contribution in [3.05, 3.63) is 35.9 Å². The van der Waals surface area contributed by atoms with Gasteiger partial charge in [0.1, 0.15) is 0 Å². The SMILES string of the molecule is CCCC(CNCC)COCc1ccccc1. The summed E-state index contributed by atoms with van der Waals surface area (Å²) in [4.78, 5) is 0. The molecule has 0 saturated carbocycles. The minimum Gasteiger partial charge on any atom is -0.376 e. The van der Waals surface area contributed by atoms with Crippen molar-refractivity contribution in [3.63, 3.8) is 0 Å². The molecule has 0 amide bonds. The molecule has 0 aliphatic rings. The van der Waals surface area contributed by atoms with Gasteiger partial charge in [0.2, 0.25) is 0 Å². The van der Waals surface area contributed by atoms with Crippen molar-refractivity contribution in [2.24, 2.45) is 5.92 Å². The second-order valence-corrected chi connectivity index (χ2v) is 4.46. The van der Waals surface area contributed by atoms with Crippen molar-refractivity contribution in [1.29, 1.82) is 0 Å². The maximum atomic E-state index is 5.79. The van der Waals surface area contributed by atoms with E-state index in [2.05, 4.69) is 43.4 Å². The van der Waals surface area contributed by atoms with Crippen LogP contribution in [-0.2, 0) is 11.3 Å². The molecule has 1 rings (SSSR count). The molecule has 0 heterocycles. The third-order valence-corrected chi connectivity index (χ3v) is 2.85. The fraction of sp³-hybridized carbons (Fsp3) is 0.600. The van der Waals surface area contributed by atoms with Crippen LogP contribution in [0.5, 0.6) is 0 Å². The molecule has 0 radical (unpaired) electrons. The summed E-state index contributed by atoms with van der Waals surface area (Å²) >= 11 is 0. The van der Waals surface area contributed by atoms with Crippen LogP contribution >= 0.6 is 0 Å². The molecule has 2 heteroatoms. The molecule has 1 N–H and O–H groups in total. The molecule has 96 valence electrons. The van der Waals surface area contributed by atoms with Gasteiger partial charge in [-0.1, -0.05) is 50.6 Å². The van der Waals surface area contributed by atoms with Gasteiger partial charge in [0.15, 0.2) is 0 Å². The fourth-order valence-corrected chi connectivity index (χ4v) is 1.92. The Hall–Kier alpha value is -0.860. The molecular weight excluding hydrogens is 210 g/mol. The van der Waals surface area contributed by atoms with E-state index in [1.165, 1.54) is 18.4 Å². The summed E-state index contributed by atoms with van der Waals surface area (Å²) in [6.45, 7) is 8.07. The molecule has 1 atom stereocenters. The quantitative estimate of drug-likeness (QED) is 0.709. The van der Waals surface area contributed by atoms with Gasteiger partial charge in [-0.15, -0.1) is 0 Å². The smallest absolute Gasteiger partial charge is 0.0717 e. The molecular formula is C15H25NO. The van der Waals surface area contributed by atoms with Crippen LogP contribution in [0.15, 0.2) is 30.3 Å². The van der Waals surface area contributed by atoms with E-state index < -0.39 is 0 Å². The van der Waals surface area contributed by atoms with Gasteiger partial charge in [-0.2, -0.15) is 0 Å². The number of benzene rings is 1. The molecule has 1 unspecified atom stereocenters. The molecule has 0 aliphatic heterocycles. The molecule has 1 aromatic rings. The molecule has 0 saturated heterocycles. The molecule has 0 bridgehead atoms. The van der Waals surface area contributed by atoms with Gasteiger partial charge in [-0.25, -0.2) is 0 Å². The van der Waals surface area contributed by atoms with Crippen molar-refractivity contribution in [2.75, 3.05) is 19.7 Å². The maximum Gasteiger partial charge on any atom is 0.0717 e. The first-order chi connectivity index (χ1) is 8.36. The Kier molecular flexibility index (Phi) is 7.69. The number of hydrogen-bond donors (Lipinski definition) is 1. The third kappa shape index (κ3) is 6.44. The summed E-state index contributed by atoms with van der Waals surface area (Å²) in [6.07, 6.45) is 2.46. The van der Waals surface area contributed by atoms with Gasteiger partial charge in [0.25, 0.3) is 0 Å². The monoisotopic (exact) mass is 235 g/mol. The van der Waals surface area contributed by atoms with Crippen LogP contribution in [0.1, 0.15) is 32.3 Å². The van der Waals surface area contributed by atoms with Crippen LogP contribution in [0.4, 0.5) is 0 Å². The van der Waals surface area contributed by atoms with Crippen molar-refractivity contribution in [1.82, 2.24) is 5.32 Å². The molecule has 0 aromatic heterocycles. The zero-order valence-electron chi connectivity index (χ0n) is 11.1. The summed E-state index contributed by atoms with van der Waals surface area (Å²) in [7, 11) is 0. The van der Waals surface area contributed by atoms with Gasteiger partial charge in [-0.05, 0) is 24.4 Å². The van der Waals surface area contributed by atoms with Crippen molar-refractivity contribution in [3.8, 4) is 0 Å². The first-order valence-corrected chi connectivity index (χ1v) is 6.69.